The van der Waals surface area contributed by atoms with Gasteiger partial charge in [-0.25, -0.2) is 0 Å². The minimum Gasteiger partial charge on any atom is -0.326 e. The number of alkyl halides is 3. The summed E-state index contributed by atoms with van der Waals surface area (Å²) in [5.74, 6) is -0.109. The highest BCUT2D eigenvalue weighted by atomic mass is 35.5. The molecule has 32 heavy (non-hydrogen) atoms. The van der Waals surface area contributed by atoms with Gasteiger partial charge < -0.3 is 5.32 Å². The molecule has 166 valence electrons. The number of hydrogen-bond donors (Lipinski definition) is 1. The Kier molecular flexibility index (Phi) is 6.23. The minimum atomic E-state index is -4.52. The third-order valence-electron chi connectivity index (χ3n) is 5.37. The van der Waals surface area contributed by atoms with Crippen LogP contribution in [0.5, 0.6) is 0 Å². The van der Waals surface area contributed by atoms with Gasteiger partial charge in [0.2, 0.25) is 5.91 Å². The van der Waals surface area contributed by atoms with Crippen LogP contribution in [0.25, 0.3) is 11.1 Å². The number of halogens is 5. The fraction of sp³-hybridized carbons (Fsp3) is 0.208. The zero-order valence-corrected chi connectivity index (χ0v) is 19.2. The highest BCUT2D eigenvalue weighted by Crippen LogP contribution is 2.60. The van der Waals surface area contributed by atoms with Crippen molar-refractivity contribution in [3.05, 3.63) is 81.8 Å². The topological polar surface area (TPSA) is 29.1 Å². The number of carbonyl (C=O) groups is 1. The zero-order valence-electron chi connectivity index (χ0n) is 16.9. The maximum atomic E-state index is 14.4. The Labute approximate surface area is 198 Å². The normalized spacial score (nSPS) is 17.8. The smallest absolute Gasteiger partial charge is 0.326 e. The van der Waals surface area contributed by atoms with Crippen molar-refractivity contribution in [3.63, 3.8) is 0 Å². The van der Waals surface area contributed by atoms with Crippen LogP contribution in [0.3, 0.4) is 0 Å². The zero-order chi connectivity index (χ0) is 23.1. The Hall–Kier alpha value is -2.15. The molecule has 4 rings (SSSR count). The molecule has 0 bridgehead atoms. The molecule has 1 N–H and O–H groups in total. The molecule has 1 aliphatic heterocycles. The first kappa shape index (κ1) is 23.0. The van der Waals surface area contributed by atoms with E-state index in [1.807, 2.05) is 12.1 Å². The summed E-state index contributed by atoms with van der Waals surface area (Å²) >= 11 is 12.8. The van der Waals surface area contributed by atoms with E-state index in [4.69, 9.17) is 23.2 Å². The third-order valence-corrected chi connectivity index (χ3v) is 7.39. The van der Waals surface area contributed by atoms with Gasteiger partial charge in [-0.1, -0.05) is 48.3 Å². The predicted molar refractivity (Wildman–Crippen MR) is 125 cm³/mol. The lowest BCUT2D eigenvalue weighted by molar-refractivity contribution is -0.161. The van der Waals surface area contributed by atoms with Crippen molar-refractivity contribution in [1.82, 2.24) is 0 Å². The average Bonchev–Trinajstić information content (AvgIpc) is 3.13. The summed E-state index contributed by atoms with van der Waals surface area (Å²) in [5, 5.41) is 3.13. The quantitative estimate of drug-likeness (QED) is 0.395. The Balaban J connectivity index is 1.72. The molecule has 1 atom stereocenters. The predicted octanol–water partition coefficient (Wildman–Crippen LogP) is 8.11. The number of fused-ring (bicyclic) bond motifs is 1. The molecular formula is C24H18Cl2F3NOS. The van der Waals surface area contributed by atoms with Crippen LogP contribution in [0.15, 0.2) is 65.6 Å². The van der Waals surface area contributed by atoms with Crippen LogP contribution in [0.4, 0.5) is 18.9 Å². The summed E-state index contributed by atoms with van der Waals surface area (Å²) < 4.78 is 41.1. The molecule has 1 heterocycles. The second-order valence-electron chi connectivity index (χ2n) is 7.57. The number of anilines is 1. The lowest BCUT2D eigenvalue weighted by Gasteiger charge is -2.31. The van der Waals surface area contributed by atoms with Crippen LogP contribution in [-0.2, 0) is 16.0 Å². The monoisotopic (exact) mass is 495 g/mol. The van der Waals surface area contributed by atoms with Crippen LogP contribution in [-0.4, -0.2) is 12.1 Å². The standard InChI is InChI=1S/C24H18Cl2F3NOS/c1-2-22(31)30-20-5-3-4-14(9-20)15-6-7-21-16(8-15)13-23(32-21,24(27,28)29)17-10-18(25)12-19(26)11-17/h3-12H,2,13H2,1H3,(H,30,31). The molecule has 0 radical (unpaired) electrons. The summed E-state index contributed by atoms with van der Waals surface area (Å²) in [6, 6.07) is 16.6. The fourth-order valence-electron chi connectivity index (χ4n) is 3.78. The van der Waals surface area contributed by atoms with Crippen molar-refractivity contribution in [3.8, 4) is 11.1 Å². The molecule has 8 heteroatoms. The Morgan fingerprint density at radius 2 is 1.72 bits per heavy atom. The van der Waals surface area contributed by atoms with Crippen LogP contribution in [0, 0.1) is 0 Å². The number of carbonyl (C=O) groups excluding carboxylic acids is 1. The largest absolute Gasteiger partial charge is 0.407 e. The molecule has 0 spiro atoms. The van der Waals surface area contributed by atoms with E-state index in [-0.39, 0.29) is 27.9 Å². The minimum absolute atomic E-state index is 0.0366. The molecule has 1 aliphatic rings. The van der Waals surface area contributed by atoms with E-state index in [0.717, 1.165) is 22.9 Å². The van der Waals surface area contributed by atoms with Crippen molar-refractivity contribution in [1.29, 1.82) is 0 Å². The number of nitrogens with one attached hydrogen (secondary N) is 1. The lowest BCUT2D eigenvalue weighted by atomic mass is 9.89. The number of thioether (sulfide) groups is 1. The molecule has 3 aromatic rings. The van der Waals surface area contributed by atoms with Gasteiger partial charge in [0.1, 0.15) is 4.75 Å². The first-order valence-electron chi connectivity index (χ1n) is 9.87. The second-order valence-corrected chi connectivity index (χ2v) is 9.78. The van der Waals surface area contributed by atoms with Crippen molar-refractivity contribution in [2.75, 3.05) is 5.32 Å². The molecular weight excluding hydrogens is 478 g/mol. The number of amides is 1. The van der Waals surface area contributed by atoms with Gasteiger partial charge in [0.15, 0.2) is 0 Å². The molecule has 1 unspecified atom stereocenters. The van der Waals surface area contributed by atoms with Crippen LogP contribution in [0.1, 0.15) is 24.5 Å². The molecule has 1 amide bonds. The number of benzene rings is 3. The number of hydrogen-bond acceptors (Lipinski definition) is 2. The number of rotatable bonds is 4. The average molecular weight is 496 g/mol. The van der Waals surface area contributed by atoms with Crippen molar-refractivity contribution in [2.45, 2.75) is 35.6 Å². The van der Waals surface area contributed by atoms with Crippen LogP contribution < -0.4 is 5.32 Å². The van der Waals surface area contributed by atoms with Gasteiger partial charge >= 0.3 is 6.18 Å². The van der Waals surface area contributed by atoms with E-state index < -0.39 is 10.9 Å². The highest BCUT2D eigenvalue weighted by Gasteiger charge is 2.59. The Morgan fingerprint density at radius 1 is 1.03 bits per heavy atom. The molecule has 0 aliphatic carbocycles. The van der Waals surface area contributed by atoms with E-state index >= 15 is 0 Å². The van der Waals surface area contributed by atoms with E-state index in [1.54, 1.807) is 37.3 Å². The fourth-order valence-corrected chi connectivity index (χ4v) is 5.66. The van der Waals surface area contributed by atoms with E-state index in [0.29, 0.717) is 22.6 Å². The first-order valence-corrected chi connectivity index (χ1v) is 11.4. The van der Waals surface area contributed by atoms with Gasteiger partial charge in [-0.15, -0.1) is 11.8 Å². The van der Waals surface area contributed by atoms with Gasteiger partial charge in [0, 0.05) is 33.5 Å². The molecule has 0 saturated heterocycles. The lowest BCUT2D eigenvalue weighted by Crippen LogP contribution is -2.39. The van der Waals surface area contributed by atoms with Gasteiger partial charge in [-0.05, 0) is 64.7 Å². The Morgan fingerprint density at radius 3 is 2.38 bits per heavy atom. The van der Waals surface area contributed by atoms with Gasteiger partial charge in [0.05, 0.1) is 0 Å². The maximum Gasteiger partial charge on any atom is 0.407 e. The molecule has 0 saturated carbocycles. The summed E-state index contributed by atoms with van der Waals surface area (Å²) in [5.41, 5.74) is 2.86. The second kappa shape index (κ2) is 8.65. The van der Waals surface area contributed by atoms with Gasteiger partial charge in [-0.2, -0.15) is 13.2 Å². The van der Waals surface area contributed by atoms with Gasteiger partial charge in [0.25, 0.3) is 0 Å². The summed E-state index contributed by atoms with van der Waals surface area (Å²) in [6.07, 6.45) is -4.39. The summed E-state index contributed by atoms with van der Waals surface area (Å²) in [6.45, 7) is 1.76. The van der Waals surface area contributed by atoms with E-state index in [1.165, 1.54) is 18.2 Å². The summed E-state index contributed by atoms with van der Waals surface area (Å²) in [4.78, 5) is 12.3. The molecule has 0 fully saturated rings. The van der Waals surface area contributed by atoms with Gasteiger partial charge in [-0.3, -0.25) is 4.79 Å². The highest BCUT2D eigenvalue weighted by molar-refractivity contribution is 8.00. The summed E-state index contributed by atoms with van der Waals surface area (Å²) in [7, 11) is 0. The van der Waals surface area contributed by atoms with E-state index in [2.05, 4.69) is 5.32 Å². The SMILES string of the molecule is CCC(=O)Nc1cccc(-c2ccc3c(c2)CC(c2cc(Cl)cc(Cl)c2)(C(F)(F)F)S3)c1. The van der Waals surface area contributed by atoms with Crippen molar-refractivity contribution >= 4 is 46.6 Å². The van der Waals surface area contributed by atoms with Crippen LogP contribution in [0.2, 0.25) is 10.0 Å². The maximum absolute atomic E-state index is 14.4. The molecule has 0 aromatic heterocycles. The third kappa shape index (κ3) is 4.36. The van der Waals surface area contributed by atoms with Crippen molar-refractivity contribution < 1.29 is 18.0 Å². The first-order chi connectivity index (χ1) is 15.1. The van der Waals surface area contributed by atoms with Crippen molar-refractivity contribution in [2.24, 2.45) is 0 Å². The van der Waals surface area contributed by atoms with Crippen LogP contribution >= 0.6 is 35.0 Å². The molecule has 2 nitrogen and oxygen atoms in total. The van der Waals surface area contributed by atoms with E-state index in [9.17, 15) is 18.0 Å². The Bertz CT molecular complexity index is 1180. The molecule has 3 aromatic carbocycles.